The number of fused-ring (bicyclic) bond motifs is 1. The van der Waals surface area contributed by atoms with E-state index in [4.69, 9.17) is 17.0 Å². The first-order valence-corrected chi connectivity index (χ1v) is 7.47. The molecule has 0 spiro atoms. The molecule has 0 aliphatic rings. The van der Waals surface area contributed by atoms with Crippen molar-refractivity contribution in [2.24, 2.45) is 0 Å². The van der Waals surface area contributed by atoms with Gasteiger partial charge in [0.2, 0.25) is 5.88 Å². The number of rotatable bonds is 4. The quantitative estimate of drug-likeness (QED) is 0.861. The Bertz CT molecular complexity index is 649. The van der Waals surface area contributed by atoms with Crippen LogP contribution in [0, 0.1) is 4.77 Å². The van der Waals surface area contributed by atoms with Crippen molar-refractivity contribution in [2.75, 3.05) is 19.1 Å². The molecular weight excluding hydrogens is 272 g/mol. The summed E-state index contributed by atoms with van der Waals surface area (Å²) in [6.45, 7) is 1.96. The fraction of sp³-hybridized carbons (Fsp3) is 0.500. The van der Waals surface area contributed by atoms with Gasteiger partial charge in [-0.2, -0.15) is 4.98 Å². The Kier molecular flexibility index (Phi) is 3.76. The summed E-state index contributed by atoms with van der Waals surface area (Å²) in [7, 11) is 0.648. The fourth-order valence-electron chi connectivity index (χ4n) is 1.89. The smallest absolute Gasteiger partial charge is 0.242 e. The zero-order valence-corrected chi connectivity index (χ0v) is 12.0. The van der Waals surface area contributed by atoms with Crippen molar-refractivity contribution in [1.29, 1.82) is 0 Å². The number of nitrogens with zero attached hydrogens (tertiary/aromatic N) is 3. The van der Waals surface area contributed by atoms with Gasteiger partial charge in [0.05, 0.1) is 7.11 Å². The number of H-pyrrole nitrogens is 1. The van der Waals surface area contributed by atoms with E-state index in [0.717, 1.165) is 0 Å². The van der Waals surface area contributed by atoms with Crippen LogP contribution in [0.1, 0.15) is 13.0 Å². The summed E-state index contributed by atoms with van der Waals surface area (Å²) >= 11 is 5.27. The van der Waals surface area contributed by atoms with E-state index in [0.29, 0.717) is 27.6 Å². The Labute approximate surface area is 112 Å². The molecule has 0 saturated heterocycles. The van der Waals surface area contributed by atoms with Crippen LogP contribution in [0.3, 0.4) is 0 Å². The van der Waals surface area contributed by atoms with Crippen molar-refractivity contribution in [1.82, 2.24) is 19.5 Å². The van der Waals surface area contributed by atoms with Gasteiger partial charge >= 0.3 is 0 Å². The Balaban J connectivity index is 2.61. The molecule has 2 unspecified atom stereocenters. The van der Waals surface area contributed by atoms with Gasteiger partial charge in [-0.15, -0.1) is 0 Å². The van der Waals surface area contributed by atoms with Gasteiger partial charge in [0, 0.05) is 28.9 Å². The van der Waals surface area contributed by atoms with Crippen LogP contribution in [0.5, 0.6) is 5.88 Å². The standard InChI is InChI=1S/C10H14N4O2S2/c1-6(4-18(3)15)14-8-7(13-10(14)17)9(16-2)12-5-11-8/h5-6H,4H2,1-3H3,(H,13,17). The molecule has 8 heteroatoms. The van der Waals surface area contributed by atoms with Crippen LogP contribution < -0.4 is 4.74 Å². The lowest BCUT2D eigenvalue weighted by molar-refractivity contribution is 0.401. The first kappa shape index (κ1) is 13.2. The molecule has 0 fully saturated rings. The summed E-state index contributed by atoms with van der Waals surface area (Å²) < 4.78 is 18.8. The summed E-state index contributed by atoms with van der Waals surface area (Å²) in [5.74, 6) is 0.975. The number of methoxy groups -OCH3 is 1. The molecule has 0 radical (unpaired) electrons. The summed E-state index contributed by atoms with van der Waals surface area (Å²) in [5, 5.41) is 0. The fourth-order valence-corrected chi connectivity index (χ4v) is 3.09. The maximum atomic E-state index is 11.3. The average Bonchev–Trinajstić information content (AvgIpc) is 2.63. The molecule has 0 aliphatic carbocycles. The maximum Gasteiger partial charge on any atom is 0.242 e. The summed E-state index contributed by atoms with van der Waals surface area (Å²) in [6, 6.07) is -0.00307. The summed E-state index contributed by atoms with van der Waals surface area (Å²) in [5.41, 5.74) is 1.34. The van der Waals surface area contributed by atoms with Crippen molar-refractivity contribution < 1.29 is 8.95 Å². The largest absolute Gasteiger partial charge is 0.479 e. The molecule has 0 aromatic carbocycles. The Morgan fingerprint density at radius 2 is 2.33 bits per heavy atom. The van der Waals surface area contributed by atoms with Crippen molar-refractivity contribution in [3.63, 3.8) is 0 Å². The van der Waals surface area contributed by atoms with E-state index < -0.39 is 10.8 Å². The molecule has 18 heavy (non-hydrogen) atoms. The van der Waals surface area contributed by atoms with Gasteiger partial charge in [-0.25, -0.2) is 4.98 Å². The lowest BCUT2D eigenvalue weighted by Crippen LogP contribution is -2.13. The number of ether oxygens (including phenoxy) is 1. The van der Waals surface area contributed by atoms with Gasteiger partial charge < -0.3 is 9.72 Å². The van der Waals surface area contributed by atoms with E-state index >= 15 is 0 Å². The lowest BCUT2D eigenvalue weighted by Gasteiger charge is -2.12. The highest BCUT2D eigenvalue weighted by molar-refractivity contribution is 7.84. The van der Waals surface area contributed by atoms with Gasteiger partial charge in [-0.1, -0.05) is 0 Å². The van der Waals surface area contributed by atoms with Crippen LogP contribution in [0.2, 0.25) is 0 Å². The number of hydrogen-bond acceptors (Lipinski definition) is 5. The highest BCUT2D eigenvalue weighted by Gasteiger charge is 2.16. The van der Waals surface area contributed by atoms with Gasteiger partial charge in [0.15, 0.2) is 10.4 Å². The highest BCUT2D eigenvalue weighted by atomic mass is 32.2. The molecule has 1 N–H and O–H groups in total. The van der Waals surface area contributed by atoms with E-state index in [1.165, 1.54) is 6.33 Å². The molecule has 0 bridgehead atoms. The first-order chi connectivity index (χ1) is 8.54. The topological polar surface area (TPSA) is 72.8 Å². The second-order valence-electron chi connectivity index (χ2n) is 3.97. The van der Waals surface area contributed by atoms with Gasteiger partial charge in [0.1, 0.15) is 11.8 Å². The number of hydrogen-bond donors (Lipinski definition) is 1. The molecule has 2 atom stereocenters. The minimum absolute atomic E-state index is 0.00307. The van der Waals surface area contributed by atoms with Crippen molar-refractivity contribution in [3.05, 3.63) is 11.1 Å². The minimum Gasteiger partial charge on any atom is -0.479 e. The number of nitrogens with one attached hydrogen (secondary N) is 1. The number of aromatic nitrogens is 4. The van der Waals surface area contributed by atoms with Crippen LogP contribution in [-0.4, -0.2) is 42.8 Å². The van der Waals surface area contributed by atoms with Gasteiger partial charge in [0.25, 0.3) is 0 Å². The molecule has 2 heterocycles. The molecule has 98 valence electrons. The SMILES string of the molecule is COc1ncnc2c1[nH]c(=S)n2C(C)CS(C)=O. The Morgan fingerprint density at radius 3 is 2.94 bits per heavy atom. The van der Waals surface area contributed by atoms with Gasteiger partial charge in [-0.3, -0.25) is 8.78 Å². The molecular formula is C10H14N4O2S2. The minimum atomic E-state index is -0.894. The molecule has 2 aromatic rings. The Morgan fingerprint density at radius 1 is 1.61 bits per heavy atom. The predicted octanol–water partition coefficient (Wildman–Crippen LogP) is 1.44. The third kappa shape index (κ3) is 2.30. The van der Waals surface area contributed by atoms with Crippen LogP contribution in [0.4, 0.5) is 0 Å². The number of imidazole rings is 1. The molecule has 0 aliphatic heterocycles. The molecule has 2 aromatic heterocycles. The van der Waals surface area contributed by atoms with Crippen molar-refractivity contribution in [2.45, 2.75) is 13.0 Å². The molecule has 2 rings (SSSR count). The van der Waals surface area contributed by atoms with E-state index in [2.05, 4.69) is 15.0 Å². The van der Waals surface area contributed by atoms with Crippen LogP contribution in [0.15, 0.2) is 6.33 Å². The zero-order chi connectivity index (χ0) is 13.3. The monoisotopic (exact) mass is 286 g/mol. The van der Waals surface area contributed by atoms with Crippen LogP contribution in [0.25, 0.3) is 11.2 Å². The molecule has 0 amide bonds. The third-order valence-corrected chi connectivity index (χ3v) is 3.83. The van der Waals surface area contributed by atoms with Crippen molar-refractivity contribution >= 4 is 34.2 Å². The van der Waals surface area contributed by atoms with E-state index in [9.17, 15) is 4.21 Å². The third-order valence-electron chi connectivity index (χ3n) is 2.58. The summed E-state index contributed by atoms with van der Waals surface area (Å²) in [6.07, 6.45) is 3.10. The van der Waals surface area contributed by atoms with Crippen molar-refractivity contribution in [3.8, 4) is 5.88 Å². The van der Waals surface area contributed by atoms with E-state index in [-0.39, 0.29) is 6.04 Å². The maximum absolute atomic E-state index is 11.3. The zero-order valence-electron chi connectivity index (χ0n) is 10.3. The first-order valence-electron chi connectivity index (χ1n) is 5.33. The second-order valence-corrected chi connectivity index (χ2v) is 5.84. The average molecular weight is 286 g/mol. The van der Waals surface area contributed by atoms with Gasteiger partial charge in [-0.05, 0) is 19.1 Å². The predicted molar refractivity (Wildman–Crippen MR) is 72.9 cm³/mol. The van der Waals surface area contributed by atoms with E-state index in [1.807, 2.05) is 11.5 Å². The van der Waals surface area contributed by atoms with E-state index in [1.54, 1.807) is 13.4 Å². The Hall–Kier alpha value is -1.28. The molecule has 0 saturated carbocycles. The molecule has 6 nitrogen and oxygen atoms in total. The van der Waals surface area contributed by atoms with Crippen LogP contribution >= 0.6 is 12.2 Å². The lowest BCUT2D eigenvalue weighted by atomic mass is 10.4. The summed E-state index contributed by atoms with van der Waals surface area (Å²) in [4.78, 5) is 11.3. The van der Waals surface area contributed by atoms with Crippen LogP contribution in [-0.2, 0) is 10.8 Å². The number of aromatic amines is 1. The normalized spacial score (nSPS) is 14.6. The second kappa shape index (κ2) is 5.15. The highest BCUT2D eigenvalue weighted by Crippen LogP contribution is 2.23.